The van der Waals surface area contributed by atoms with Crippen LogP contribution in [0.4, 0.5) is 9.18 Å². The van der Waals surface area contributed by atoms with Crippen molar-refractivity contribution in [3.63, 3.8) is 0 Å². The van der Waals surface area contributed by atoms with Gasteiger partial charge >= 0.3 is 6.09 Å². The number of ketones is 1. The average molecular weight is 406 g/mol. The zero-order chi connectivity index (χ0) is 21.1. The maximum atomic E-state index is 14.3. The van der Waals surface area contributed by atoms with Gasteiger partial charge < -0.3 is 9.64 Å². The molecule has 2 aliphatic heterocycles. The fraction of sp³-hybridized carbons (Fsp3) is 0.375. The molecular formula is C24H23FN2O3. The number of hydrogen-bond donors (Lipinski definition) is 0. The van der Waals surface area contributed by atoms with Gasteiger partial charge in [-0.05, 0) is 55.9 Å². The summed E-state index contributed by atoms with van der Waals surface area (Å²) in [4.78, 5) is 27.6. The Hall–Kier alpha value is -3.20. The van der Waals surface area contributed by atoms with Crippen molar-refractivity contribution in [2.24, 2.45) is 5.92 Å². The smallest absolute Gasteiger partial charge is 0.410 e. The first-order valence-corrected chi connectivity index (χ1v) is 10.3. The molecule has 2 atom stereocenters. The average Bonchev–Trinajstić information content (AvgIpc) is 2.77. The van der Waals surface area contributed by atoms with Crippen LogP contribution in [-0.4, -0.2) is 28.9 Å². The Bertz CT molecular complexity index is 972. The number of amides is 1. The summed E-state index contributed by atoms with van der Waals surface area (Å²) in [6.45, 7) is 0.212. The second kappa shape index (κ2) is 8.66. The Labute approximate surface area is 175 Å². The molecular weight excluding hydrogens is 383 g/mol. The molecule has 2 unspecified atom stereocenters. The summed E-state index contributed by atoms with van der Waals surface area (Å²) >= 11 is 0. The first-order chi connectivity index (χ1) is 14.6. The van der Waals surface area contributed by atoms with Crippen molar-refractivity contribution in [2.45, 2.75) is 50.8 Å². The van der Waals surface area contributed by atoms with Gasteiger partial charge in [0.2, 0.25) is 0 Å². The third-order valence-corrected chi connectivity index (χ3v) is 6.12. The molecule has 2 heterocycles. The van der Waals surface area contributed by atoms with Crippen molar-refractivity contribution in [3.8, 4) is 6.07 Å². The zero-order valence-electron chi connectivity index (χ0n) is 16.6. The number of hydrogen-bond acceptors (Lipinski definition) is 4. The second-order valence-corrected chi connectivity index (χ2v) is 8.03. The minimum atomic E-state index is -0.603. The van der Waals surface area contributed by atoms with E-state index in [1.54, 1.807) is 4.90 Å². The third-order valence-electron chi connectivity index (χ3n) is 6.12. The molecule has 2 saturated heterocycles. The summed E-state index contributed by atoms with van der Waals surface area (Å²) in [6.07, 6.45) is 3.25. The first kappa shape index (κ1) is 20.1. The molecule has 2 fully saturated rings. The van der Waals surface area contributed by atoms with Crippen LogP contribution in [0.25, 0.3) is 0 Å². The van der Waals surface area contributed by atoms with Gasteiger partial charge in [-0.15, -0.1) is 0 Å². The van der Waals surface area contributed by atoms with Gasteiger partial charge in [0.05, 0.1) is 17.2 Å². The Kier molecular flexibility index (Phi) is 5.80. The van der Waals surface area contributed by atoms with Crippen molar-refractivity contribution in [1.29, 1.82) is 5.26 Å². The zero-order valence-corrected chi connectivity index (χ0v) is 16.6. The molecule has 0 spiro atoms. The number of nitrogens with zero attached hydrogens (tertiary/aromatic N) is 2. The van der Waals surface area contributed by atoms with E-state index in [0.717, 1.165) is 24.8 Å². The molecule has 154 valence electrons. The van der Waals surface area contributed by atoms with Gasteiger partial charge in [-0.2, -0.15) is 5.26 Å². The Morgan fingerprint density at radius 3 is 2.47 bits per heavy atom. The van der Waals surface area contributed by atoms with E-state index < -0.39 is 5.82 Å². The lowest BCUT2D eigenvalue weighted by atomic mass is 9.75. The minimum absolute atomic E-state index is 0.0303. The van der Waals surface area contributed by atoms with Crippen LogP contribution in [0, 0.1) is 23.1 Å². The van der Waals surface area contributed by atoms with Crippen molar-refractivity contribution in [2.75, 3.05) is 0 Å². The van der Waals surface area contributed by atoms with Crippen LogP contribution in [0.3, 0.4) is 0 Å². The normalized spacial score (nSPS) is 22.8. The van der Waals surface area contributed by atoms with Crippen LogP contribution < -0.4 is 0 Å². The van der Waals surface area contributed by atoms with Crippen LogP contribution in [-0.2, 0) is 11.3 Å². The molecule has 2 aromatic rings. The third kappa shape index (κ3) is 4.06. The summed E-state index contributed by atoms with van der Waals surface area (Å²) in [5.41, 5.74) is 1.16. The number of Topliss-reactive ketones (excluding diaryl/α,β-unsaturated/α-hetero) is 1. The highest BCUT2D eigenvalue weighted by Gasteiger charge is 2.44. The molecule has 5 nitrogen and oxygen atoms in total. The van der Waals surface area contributed by atoms with Gasteiger partial charge in [-0.3, -0.25) is 4.79 Å². The molecule has 2 bridgehead atoms. The van der Waals surface area contributed by atoms with Crippen LogP contribution in [0.5, 0.6) is 0 Å². The molecule has 6 heteroatoms. The van der Waals surface area contributed by atoms with Crippen molar-refractivity contribution in [1.82, 2.24) is 4.90 Å². The highest BCUT2D eigenvalue weighted by atomic mass is 19.1. The maximum Gasteiger partial charge on any atom is 0.410 e. The Balaban J connectivity index is 1.46. The van der Waals surface area contributed by atoms with E-state index in [1.807, 2.05) is 36.4 Å². The SMILES string of the molecule is N#Cc1ccc(F)c(C(=O)C2CC3CCCC(C2)N3C(=O)OCc2ccccc2)c1. The number of halogens is 1. The lowest BCUT2D eigenvalue weighted by Gasteiger charge is -2.47. The quantitative estimate of drug-likeness (QED) is 0.681. The fourth-order valence-electron chi connectivity index (χ4n) is 4.69. The van der Waals surface area contributed by atoms with E-state index in [2.05, 4.69) is 0 Å². The molecule has 0 N–H and O–H groups in total. The molecule has 30 heavy (non-hydrogen) atoms. The number of piperidine rings is 2. The van der Waals surface area contributed by atoms with Gasteiger partial charge in [-0.25, -0.2) is 9.18 Å². The summed E-state index contributed by atoms with van der Waals surface area (Å²) in [5, 5.41) is 9.06. The van der Waals surface area contributed by atoms with E-state index in [0.29, 0.717) is 12.8 Å². The van der Waals surface area contributed by atoms with Crippen LogP contribution >= 0.6 is 0 Å². The topological polar surface area (TPSA) is 70.4 Å². The summed E-state index contributed by atoms with van der Waals surface area (Å²) in [6, 6.07) is 15.2. The van der Waals surface area contributed by atoms with Crippen LogP contribution in [0.15, 0.2) is 48.5 Å². The summed E-state index contributed by atoms with van der Waals surface area (Å²) < 4.78 is 19.8. The fourth-order valence-corrected chi connectivity index (χ4v) is 4.69. The Morgan fingerprint density at radius 1 is 1.10 bits per heavy atom. The molecule has 0 aromatic heterocycles. The summed E-state index contributed by atoms with van der Waals surface area (Å²) in [5.74, 6) is -1.24. The molecule has 0 radical (unpaired) electrons. The van der Waals surface area contributed by atoms with Crippen molar-refractivity contribution < 1.29 is 18.7 Å². The van der Waals surface area contributed by atoms with Crippen LogP contribution in [0.2, 0.25) is 0 Å². The van der Waals surface area contributed by atoms with Crippen LogP contribution in [0.1, 0.15) is 53.6 Å². The van der Waals surface area contributed by atoms with E-state index >= 15 is 0 Å². The lowest BCUT2D eigenvalue weighted by Crippen LogP contribution is -2.55. The minimum Gasteiger partial charge on any atom is -0.445 e. The Morgan fingerprint density at radius 2 is 1.80 bits per heavy atom. The second-order valence-electron chi connectivity index (χ2n) is 8.03. The van der Waals surface area contributed by atoms with Crippen molar-refractivity contribution in [3.05, 3.63) is 71.0 Å². The highest BCUT2D eigenvalue weighted by molar-refractivity contribution is 5.98. The molecule has 4 rings (SSSR count). The molecule has 2 aliphatic rings. The molecule has 1 amide bonds. The summed E-state index contributed by atoms with van der Waals surface area (Å²) in [7, 11) is 0. The first-order valence-electron chi connectivity index (χ1n) is 10.3. The van der Waals surface area contributed by atoms with Gasteiger partial charge in [0.15, 0.2) is 5.78 Å². The van der Waals surface area contributed by atoms with Gasteiger partial charge in [0.25, 0.3) is 0 Å². The maximum absolute atomic E-state index is 14.3. The number of carbonyl (C=O) groups excluding carboxylic acids is 2. The van der Waals surface area contributed by atoms with Gasteiger partial charge in [0, 0.05) is 18.0 Å². The number of fused-ring (bicyclic) bond motifs is 2. The largest absolute Gasteiger partial charge is 0.445 e. The lowest BCUT2D eigenvalue weighted by molar-refractivity contribution is 0.00464. The number of rotatable bonds is 4. The number of ether oxygens (including phenoxy) is 1. The van der Waals surface area contributed by atoms with Gasteiger partial charge in [0.1, 0.15) is 12.4 Å². The standard InChI is InChI=1S/C24H23FN2O3/c25-22-10-9-17(14-26)11-21(22)23(28)18-12-19-7-4-8-20(13-18)27(19)24(29)30-15-16-5-2-1-3-6-16/h1-3,5-6,9-11,18-20H,4,7-8,12-13,15H2. The predicted octanol–water partition coefficient (Wildman–Crippen LogP) is 4.85. The van der Waals surface area contributed by atoms with Gasteiger partial charge in [-0.1, -0.05) is 30.3 Å². The predicted molar refractivity (Wildman–Crippen MR) is 108 cm³/mol. The van der Waals surface area contributed by atoms with E-state index in [9.17, 15) is 14.0 Å². The monoisotopic (exact) mass is 406 g/mol. The van der Waals surface area contributed by atoms with E-state index in [-0.39, 0.29) is 47.6 Å². The molecule has 2 aromatic carbocycles. The van der Waals surface area contributed by atoms with E-state index in [4.69, 9.17) is 10.00 Å². The number of benzene rings is 2. The number of nitriles is 1. The highest BCUT2D eigenvalue weighted by Crippen LogP contribution is 2.39. The number of carbonyl (C=O) groups is 2. The molecule has 0 aliphatic carbocycles. The van der Waals surface area contributed by atoms with E-state index in [1.165, 1.54) is 18.2 Å². The van der Waals surface area contributed by atoms with Crippen molar-refractivity contribution >= 4 is 11.9 Å². The molecule has 0 saturated carbocycles.